The zero-order chi connectivity index (χ0) is 18.5. The lowest BCUT2D eigenvalue weighted by Gasteiger charge is -2.12. The van der Waals surface area contributed by atoms with Crippen molar-refractivity contribution in [2.24, 2.45) is 0 Å². The number of rotatable bonds is 2. The molecule has 0 bridgehead atoms. The van der Waals surface area contributed by atoms with E-state index in [1.165, 1.54) is 10.8 Å². The van der Waals surface area contributed by atoms with Crippen LogP contribution in [0.2, 0.25) is 0 Å². The number of para-hydroxylation sites is 1. The predicted molar refractivity (Wildman–Crippen MR) is 118 cm³/mol. The molecule has 6 rings (SSSR count). The van der Waals surface area contributed by atoms with Crippen LogP contribution in [0.15, 0.2) is 101 Å². The van der Waals surface area contributed by atoms with Crippen molar-refractivity contribution < 1.29 is 4.42 Å². The molecule has 0 atom stereocenters. The highest BCUT2D eigenvalue weighted by Crippen LogP contribution is 2.40. The molecule has 1 N–H and O–H groups in total. The third-order valence-electron chi connectivity index (χ3n) is 5.43. The molecule has 2 heteroatoms. The van der Waals surface area contributed by atoms with Gasteiger partial charge in [-0.3, -0.25) is 0 Å². The number of furan rings is 1. The maximum Gasteiger partial charge on any atom is 0.145 e. The maximum absolute atomic E-state index is 6.29. The van der Waals surface area contributed by atoms with Crippen molar-refractivity contribution in [3.8, 4) is 0 Å². The molecule has 132 valence electrons. The number of benzene rings is 5. The van der Waals surface area contributed by atoms with Crippen molar-refractivity contribution in [1.82, 2.24) is 0 Å². The van der Waals surface area contributed by atoms with E-state index in [1.54, 1.807) is 0 Å². The van der Waals surface area contributed by atoms with E-state index in [2.05, 4.69) is 90.2 Å². The van der Waals surface area contributed by atoms with Gasteiger partial charge in [0.05, 0.1) is 11.1 Å². The van der Waals surface area contributed by atoms with Gasteiger partial charge in [-0.25, -0.2) is 0 Å². The molecular weight excluding hydrogens is 342 g/mol. The number of hydrogen-bond donors (Lipinski definition) is 1. The first-order valence-electron chi connectivity index (χ1n) is 9.46. The van der Waals surface area contributed by atoms with E-state index in [1.807, 2.05) is 12.1 Å². The van der Waals surface area contributed by atoms with Gasteiger partial charge in [-0.1, -0.05) is 78.9 Å². The van der Waals surface area contributed by atoms with E-state index in [-0.39, 0.29) is 0 Å². The van der Waals surface area contributed by atoms with E-state index in [0.29, 0.717) is 0 Å². The average molecular weight is 359 g/mol. The van der Waals surface area contributed by atoms with Gasteiger partial charge in [0.1, 0.15) is 11.2 Å². The van der Waals surface area contributed by atoms with Crippen molar-refractivity contribution in [1.29, 1.82) is 0 Å². The molecule has 6 aromatic rings. The Kier molecular flexibility index (Phi) is 3.20. The molecule has 0 unspecified atom stereocenters. The lowest BCUT2D eigenvalue weighted by molar-refractivity contribution is 0.673. The molecule has 0 fully saturated rings. The fourth-order valence-corrected chi connectivity index (χ4v) is 4.14. The first kappa shape index (κ1) is 15.3. The topological polar surface area (TPSA) is 25.2 Å². The molecule has 0 saturated heterocycles. The van der Waals surface area contributed by atoms with Crippen LogP contribution in [0, 0.1) is 0 Å². The van der Waals surface area contributed by atoms with Gasteiger partial charge in [-0.2, -0.15) is 0 Å². The average Bonchev–Trinajstić information content (AvgIpc) is 3.14. The Morgan fingerprint density at radius 2 is 1.21 bits per heavy atom. The van der Waals surface area contributed by atoms with Crippen LogP contribution in [0.3, 0.4) is 0 Å². The zero-order valence-corrected chi connectivity index (χ0v) is 15.1. The summed E-state index contributed by atoms with van der Waals surface area (Å²) in [4.78, 5) is 0. The van der Waals surface area contributed by atoms with Gasteiger partial charge in [0, 0.05) is 21.8 Å². The van der Waals surface area contributed by atoms with Gasteiger partial charge < -0.3 is 9.73 Å². The summed E-state index contributed by atoms with van der Waals surface area (Å²) in [7, 11) is 0. The van der Waals surface area contributed by atoms with E-state index >= 15 is 0 Å². The zero-order valence-electron chi connectivity index (χ0n) is 15.1. The Balaban J connectivity index is 1.69. The summed E-state index contributed by atoms with van der Waals surface area (Å²) in [5, 5.41) is 10.7. The maximum atomic E-state index is 6.29. The summed E-state index contributed by atoms with van der Waals surface area (Å²) in [5.41, 5.74) is 4.01. The van der Waals surface area contributed by atoms with Crippen LogP contribution >= 0.6 is 0 Å². The van der Waals surface area contributed by atoms with Gasteiger partial charge in [-0.05, 0) is 29.0 Å². The van der Waals surface area contributed by atoms with Gasteiger partial charge >= 0.3 is 0 Å². The highest BCUT2D eigenvalue weighted by Gasteiger charge is 2.15. The molecule has 0 aliphatic heterocycles. The van der Waals surface area contributed by atoms with Gasteiger partial charge in [0.2, 0.25) is 0 Å². The Labute approximate surface area is 162 Å². The molecule has 5 aromatic carbocycles. The lowest BCUT2D eigenvalue weighted by atomic mass is 10.0. The summed E-state index contributed by atoms with van der Waals surface area (Å²) < 4.78 is 6.29. The largest absolute Gasteiger partial charge is 0.455 e. The van der Waals surface area contributed by atoms with Crippen molar-refractivity contribution in [2.75, 3.05) is 5.32 Å². The molecule has 1 heterocycles. The van der Waals surface area contributed by atoms with Crippen LogP contribution in [0.5, 0.6) is 0 Å². The number of nitrogens with one attached hydrogen (secondary N) is 1. The highest BCUT2D eigenvalue weighted by molar-refractivity contribution is 6.21. The Morgan fingerprint density at radius 3 is 2.11 bits per heavy atom. The quantitative estimate of drug-likeness (QED) is 0.344. The molecule has 2 nitrogen and oxygen atoms in total. The molecule has 0 radical (unpaired) electrons. The second kappa shape index (κ2) is 5.86. The minimum atomic E-state index is 0.912. The molecule has 0 spiro atoms. The van der Waals surface area contributed by atoms with Crippen LogP contribution in [-0.2, 0) is 0 Å². The van der Waals surface area contributed by atoms with Crippen LogP contribution in [-0.4, -0.2) is 0 Å². The number of fused-ring (bicyclic) bond motifs is 6. The normalized spacial score (nSPS) is 11.6. The van der Waals surface area contributed by atoms with Crippen LogP contribution < -0.4 is 5.32 Å². The summed E-state index contributed by atoms with van der Waals surface area (Å²) in [6.07, 6.45) is 0. The Bertz CT molecular complexity index is 1490. The van der Waals surface area contributed by atoms with E-state index in [4.69, 9.17) is 4.42 Å². The molecule has 0 amide bonds. The smallest absolute Gasteiger partial charge is 0.145 e. The minimum absolute atomic E-state index is 0.912. The standard InChI is InChI=1S/C26H17NO/c1-3-11-19-17(8-1)10-7-14-22(19)27-23-16-18-9-2-4-12-20(18)26-25(23)21-13-5-6-15-24(21)28-26/h1-16,27H. The predicted octanol–water partition coefficient (Wildman–Crippen LogP) is 7.64. The second-order valence-corrected chi connectivity index (χ2v) is 7.10. The van der Waals surface area contributed by atoms with E-state index < -0.39 is 0 Å². The molecule has 0 aliphatic rings. The molecule has 0 aliphatic carbocycles. The Hall–Kier alpha value is -3.78. The van der Waals surface area contributed by atoms with Crippen molar-refractivity contribution in [3.05, 3.63) is 97.1 Å². The third-order valence-corrected chi connectivity index (χ3v) is 5.43. The van der Waals surface area contributed by atoms with Gasteiger partial charge in [-0.15, -0.1) is 0 Å². The summed E-state index contributed by atoms with van der Waals surface area (Å²) in [6, 6.07) is 33.7. The van der Waals surface area contributed by atoms with Crippen LogP contribution in [0.4, 0.5) is 11.4 Å². The lowest BCUT2D eigenvalue weighted by Crippen LogP contribution is -1.93. The third kappa shape index (κ3) is 2.21. The second-order valence-electron chi connectivity index (χ2n) is 7.10. The molecule has 0 saturated carbocycles. The molecular formula is C26H17NO. The van der Waals surface area contributed by atoms with E-state index in [9.17, 15) is 0 Å². The number of anilines is 2. The van der Waals surface area contributed by atoms with Crippen molar-refractivity contribution in [2.45, 2.75) is 0 Å². The fraction of sp³-hybridized carbons (Fsp3) is 0. The monoisotopic (exact) mass is 359 g/mol. The summed E-state index contributed by atoms with van der Waals surface area (Å²) >= 11 is 0. The van der Waals surface area contributed by atoms with Crippen LogP contribution in [0.1, 0.15) is 0 Å². The highest BCUT2D eigenvalue weighted by atomic mass is 16.3. The Morgan fingerprint density at radius 1 is 0.536 bits per heavy atom. The SMILES string of the molecule is c1ccc2c(Nc3cc4ccccc4c4oc5ccccc5c34)cccc2c1. The summed E-state index contributed by atoms with van der Waals surface area (Å²) in [5.74, 6) is 0. The fourth-order valence-electron chi connectivity index (χ4n) is 4.14. The molecule has 28 heavy (non-hydrogen) atoms. The molecule has 1 aromatic heterocycles. The number of hydrogen-bond acceptors (Lipinski definition) is 2. The van der Waals surface area contributed by atoms with Crippen LogP contribution in [0.25, 0.3) is 43.5 Å². The van der Waals surface area contributed by atoms with E-state index in [0.717, 1.165) is 44.1 Å². The van der Waals surface area contributed by atoms with Crippen molar-refractivity contribution in [3.63, 3.8) is 0 Å². The van der Waals surface area contributed by atoms with Gasteiger partial charge in [0.25, 0.3) is 0 Å². The first-order chi connectivity index (χ1) is 13.9. The summed E-state index contributed by atoms with van der Waals surface area (Å²) in [6.45, 7) is 0. The van der Waals surface area contributed by atoms with Crippen molar-refractivity contribution >= 4 is 54.9 Å². The first-order valence-corrected chi connectivity index (χ1v) is 9.46. The van der Waals surface area contributed by atoms with Gasteiger partial charge in [0.15, 0.2) is 0 Å². The minimum Gasteiger partial charge on any atom is -0.455 e.